The molecule has 0 aromatic heterocycles. The number of carbonyl (C=O) groups is 2. The van der Waals surface area contributed by atoms with Gasteiger partial charge in [-0.2, -0.15) is 0 Å². The normalized spacial score (nSPS) is 17.0. The van der Waals surface area contributed by atoms with Crippen LogP contribution in [0.1, 0.15) is 26.7 Å². The van der Waals surface area contributed by atoms with Crippen LogP contribution < -0.4 is 0 Å². The Morgan fingerprint density at radius 2 is 1.74 bits per heavy atom. The molecule has 0 bridgehead atoms. The fourth-order valence-corrected chi connectivity index (χ4v) is 2.30. The molecule has 19 heavy (non-hydrogen) atoms. The van der Waals surface area contributed by atoms with Crippen molar-refractivity contribution in [1.29, 1.82) is 0 Å². The maximum Gasteiger partial charge on any atom is 0.472 e. The molecule has 9 heteroatoms. The lowest BCUT2D eigenvalue weighted by molar-refractivity contribution is -0.131. The summed E-state index contributed by atoms with van der Waals surface area (Å²) in [7, 11) is -4.26. The van der Waals surface area contributed by atoms with Crippen molar-refractivity contribution in [3.8, 4) is 0 Å². The first kappa shape index (κ1) is 18.0. The fourth-order valence-electron chi connectivity index (χ4n) is 1.16. The molecule has 8 nitrogen and oxygen atoms in total. The van der Waals surface area contributed by atoms with Gasteiger partial charge in [-0.05, 0) is 13.3 Å². The second kappa shape index (κ2) is 9.03. The van der Waals surface area contributed by atoms with Crippen molar-refractivity contribution in [2.45, 2.75) is 32.3 Å². The Bertz CT molecular complexity index is 321. The molecule has 0 rings (SSSR count). The molecule has 2 atom stereocenters. The number of phosphoric ester groups is 1. The van der Waals surface area contributed by atoms with Gasteiger partial charge in [0.25, 0.3) is 12.9 Å². The number of hydrogen-bond acceptors (Lipinski definition) is 7. The molecule has 1 N–H and O–H groups in total. The SMILES string of the molecule is CCC(C)(CCOC=O)OP(=O)(O)OCCOC=O. The molecule has 112 valence electrons. The lowest BCUT2D eigenvalue weighted by Crippen LogP contribution is -2.29. The molecule has 0 amide bonds. The number of ether oxygens (including phenoxy) is 2. The second-order valence-electron chi connectivity index (χ2n) is 3.88. The smallest absolute Gasteiger partial charge is 0.468 e. The minimum absolute atomic E-state index is 0.0715. The van der Waals surface area contributed by atoms with E-state index in [1.807, 2.05) is 0 Å². The Morgan fingerprint density at radius 3 is 2.26 bits per heavy atom. The van der Waals surface area contributed by atoms with Crippen LogP contribution >= 0.6 is 7.82 Å². The van der Waals surface area contributed by atoms with Gasteiger partial charge in [-0.3, -0.25) is 18.6 Å². The topological polar surface area (TPSA) is 108 Å². The zero-order valence-electron chi connectivity index (χ0n) is 10.9. The zero-order valence-corrected chi connectivity index (χ0v) is 11.8. The molecular formula is C10H19O8P. The Morgan fingerprint density at radius 1 is 1.16 bits per heavy atom. The number of phosphoric acid groups is 1. The molecule has 0 radical (unpaired) electrons. The number of hydrogen-bond donors (Lipinski definition) is 1. The molecule has 0 aliphatic heterocycles. The van der Waals surface area contributed by atoms with Crippen LogP contribution in [0.15, 0.2) is 0 Å². The van der Waals surface area contributed by atoms with Gasteiger partial charge in [0.05, 0.1) is 18.8 Å². The van der Waals surface area contributed by atoms with E-state index in [1.165, 1.54) is 0 Å². The molecule has 2 unspecified atom stereocenters. The van der Waals surface area contributed by atoms with Crippen molar-refractivity contribution in [2.24, 2.45) is 0 Å². The van der Waals surface area contributed by atoms with Gasteiger partial charge in [0, 0.05) is 6.42 Å². The number of rotatable bonds is 12. The minimum Gasteiger partial charge on any atom is -0.468 e. The van der Waals surface area contributed by atoms with Crippen molar-refractivity contribution in [3.05, 3.63) is 0 Å². The summed E-state index contributed by atoms with van der Waals surface area (Å²) in [6, 6.07) is 0. The molecule has 0 aromatic carbocycles. The Labute approximate surface area is 111 Å². The molecule has 0 aromatic rings. The highest BCUT2D eigenvalue weighted by atomic mass is 31.2. The summed E-state index contributed by atoms with van der Waals surface area (Å²) in [5.41, 5.74) is -0.960. The lowest BCUT2D eigenvalue weighted by Gasteiger charge is -2.29. The summed E-state index contributed by atoms with van der Waals surface area (Å²) in [6.45, 7) is 3.54. The highest BCUT2D eigenvalue weighted by Crippen LogP contribution is 2.48. The number of carbonyl (C=O) groups excluding carboxylic acids is 2. The van der Waals surface area contributed by atoms with E-state index in [4.69, 9.17) is 4.52 Å². The quantitative estimate of drug-likeness (QED) is 0.323. The highest BCUT2D eigenvalue weighted by molar-refractivity contribution is 7.47. The predicted molar refractivity (Wildman–Crippen MR) is 64.2 cm³/mol. The van der Waals surface area contributed by atoms with Gasteiger partial charge >= 0.3 is 7.82 Å². The van der Waals surface area contributed by atoms with Crippen LogP contribution in [0.5, 0.6) is 0 Å². The highest BCUT2D eigenvalue weighted by Gasteiger charge is 2.34. The van der Waals surface area contributed by atoms with E-state index >= 15 is 0 Å². The lowest BCUT2D eigenvalue weighted by atomic mass is 10.0. The van der Waals surface area contributed by atoms with Crippen LogP contribution in [-0.2, 0) is 32.7 Å². The van der Waals surface area contributed by atoms with E-state index in [0.717, 1.165) is 0 Å². The van der Waals surface area contributed by atoms with Crippen molar-refractivity contribution in [3.63, 3.8) is 0 Å². The van der Waals surface area contributed by atoms with E-state index < -0.39 is 13.4 Å². The van der Waals surface area contributed by atoms with Crippen molar-refractivity contribution >= 4 is 20.8 Å². The summed E-state index contributed by atoms with van der Waals surface area (Å²) in [5, 5.41) is 0. The first-order valence-electron chi connectivity index (χ1n) is 5.67. The minimum atomic E-state index is -4.26. The van der Waals surface area contributed by atoms with Crippen molar-refractivity contribution in [1.82, 2.24) is 0 Å². The molecule has 0 heterocycles. The van der Waals surface area contributed by atoms with Gasteiger partial charge in [-0.15, -0.1) is 0 Å². The maximum atomic E-state index is 11.6. The molecule has 0 fully saturated rings. The van der Waals surface area contributed by atoms with Crippen LogP contribution in [0.4, 0.5) is 0 Å². The summed E-state index contributed by atoms with van der Waals surface area (Å²) < 4.78 is 30.2. The van der Waals surface area contributed by atoms with E-state index in [2.05, 4.69) is 14.0 Å². The van der Waals surface area contributed by atoms with Gasteiger partial charge in [-0.1, -0.05) is 6.92 Å². The fraction of sp³-hybridized carbons (Fsp3) is 0.800. The zero-order chi connectivity index (χ0) is 14.8. The third-order valence-electron chi connectivity index (χ3n) is 2.42. The van der Waals surface area contributed by atoms with E-state index in [1.54, 1.807) is 13.8 Å². The van der Waals surface area contributed by atoms with E-state index in [9.17, 15) is 19.0 Å². The first-order chi connectivity index (χ1) is 8.89. The van der Waals surface area contributed by atoms with Crippen LogP contribution in [0.25, 0.3) is 0 Å². The third-order valence-corrected chi connectivity index (χ3v) is 3.60. The van der Waals surface area contributed by atoms with E-state index in [-0.39, 0.29) is 32.7 Å². The maximum absolute atomic E-state index is 11.6. The Hall–Kier alpha value is -0.950. The average molecular weight is 298 g/mol. The summed E-state index contributed by atoms with van der Waals surface area (Å²) >= 11 is 0. The summed E-state index contributed by atoms with van der Waals surface area (Å²) in [6.07, 6.45) is 0.676. The summed E-state index contributed by atoms with van der Waals surface area (Å²) in [5.74, 6) is 0. The molecule has 0 spiro atoms. The van der Waals surface area contributed by atoms with Crippen molar-refractivity contribution < 1.29 is 37.6 Å². The molecule has 0 saturated heterocycles. The summed E-state index contributed by atoms with van der Waals surface area (Å²) in [4.78, 5) is 29.4. The monoisotopic (exact) mass is 298 g/mol. The molecule has 0 saturated carbocycles. The second-order valence-corrected chi connectivity index (χ2v) is 5.26. The predicted octanol–water partition coefficient (Wildman–Crippen LogP) is 1.02. The van der Waals surface area contributed by atoms with Gasteiger partial charge in [0.15, 0.2) is 0 Å². The first-order valence-corrected chi connectivity index (χ1v) is 7.17. The van der Waals surface area contributed by atoms with Gasteiger partial charge < -0.3 is 14.4 Å². The molecular weight excluding hydrogens is 279 g/mol. The average Bonchev–Trinajstić information content (AvgIpc) is 2.34. The largest absolute Gasteiger partial charge is 0.472 e. The van der Waals surface area contributed by atoms with Gasteiger partial charge in [0.2, 0.25) is 0 Å². The van der Waals surface area contributed by atoms with Crippen LogP contribution in [0.2, 0.25) is 0 Å². The standard InChI is InChI=1S/C10H19O8P/c1-3-10(2,4-5-15-8-11)18-19(13,14)17-7-6-16-9-12/h8-9H,3-7H2,1-2H3,(H,13,14). The van der Waals surface area contributed by atoms with Gasteiger partial charge in [0.1, 0.15) is 6.61 Å². The van der Waals surface area contributed by atoms with Gasteiger partial charge in [-0.25, -0.2) is 4.57 Å². The Balaban J connectivity index is 4.27. The molecule has 0 aliphatic carbocycles. The molecule has 0 aliphatic rings. The van der Waals surface area contributed by atoms with Crippen molar-refractivity contribution in [2.75, 3.05) is 19.8 Å². The Kier molecular flexibility index (Phi) is 8.58. The van der Waals surface area contributed by atoms with Crippen LogP contribution in [-0.4, -0.2) is 43.3 Å². The third kappa shape index (κ3) is 8.72. The van der Waals surface area contributed by atoms with E-state index in [0.29, 0.717) is 12.9 Å². The van der Waals surface area contributed by atoms with Crippen LogP contribution in [0, 0.1) is 0 Å². The van der Waals surface area contributed by atoms with Crippen LogP contribution in [0.3, 0.4) is 0 Å².